The fraction of sp³-hybridized carbons (Fsp3) is 0.229. The fourth-order valence-electron chi connectivity index (χ4n) is 5.96. The summed E-state index contributed by atoms with van der Waals surface area (Å²) in [5.74, 6) is 1.05. The number of hydrogen-bond donors (Lipinski definition) is 2. The Morgan fingerprint density at radius 3 is 2.52 bits per heavy atom. The average Bonchev–Trinajstić information content (AvgIpc) is 3.42. The number of rotatable bonds is 8. The molecule has 222 valence electrons. The molecular formula is C35H33N5O3S. The molecule has 0 saturated carbocycles. The van der Waals surface area contributed by atoms with Gasteiger partial charge in [-0.25, -0.2) is 9.78 Å². The van der Waals surface area contributed by atoms with Crippen LogP contribution >= 0.6 is 11.3 Å². The number of anilines is 4. The van der Waals surface area contributed by atoms with Crippen molar-refractivity contribution >= 4 is 56.2 Å². The van der Waals surface area contributed by atoms with Gasteiger partial charge in [-0.3, -0.25) is 14.6 Å². The van der Waals surface area contributed by atoms with E-state index in [0.29, 0.717) is 44.7 Å². The summed E-state index contributed by atoms with van der Waals surface area (Å²) in [6.45, 7) is 5.23. The quantitative estimate of drug-likeness (QED) is 0.186. The summed E-state index contributed by atoms with van der Waals surface area (Å²) in [5, 5.41) is 6.82. The molecule has 0 aliphatic carbocycles. The van der Waals surface area contributed by atoms with E-state index in [1.54, 1.807) is 11.1 Å². The zero-order valence-electron chi connectivity index (χ0n) is 24.5. The van der Waals surface area contributed by atoms with Crippen LogP contribution in [0.2, 0.25) is 0 Å². The van der Waals surface area contributed by atoms with Crippen LogP contribution in [-0.4, -0.2) is 34.9 Å². The molecule has 9 heteroatoms. The van der Waals surface area contributed by atoms with Crippen molar-refractivity contribution in [2.45, 2.75) is 39.2 Å². The number of nitrogens with one attached hydrogen (secondary N) is 2. The molecule has 0 spiro atoms. The number of carbonyl (C=O) groups is 2. The molecule has 0 radical (unpaired) electrons. The van der Waals surface area contributed by atoms with Gasteiger partial charge in [0.25, 0.3) is 5.91 Å². The number of ether oxygens (including phenoxy) is 1. The van der Waals surface area contributed by atoms with Gasteiger partial charge in [0.15, 0.2) is 0 Å². The first-order valence-corrected chi connectivity index (χ1v) is 15.9. The van der Waals surface area contributed by atoms with Gasteiger partial charge in [0.1, 0.15) is 21.2 Å². The average molecular weight is 604 g/mol. The highest BCUT2D eigenvalue weighted by Gasteiger charge is 2.34. The van der Waals surface area contributed by atoms with Crippen molar-refractivity contribution < 1.29 is 14.3 Å². The lowest BCUT2D eigenvalue weighted by molar-refractivity contribution is 0.103. The number of likely N-dealkylation sites (tertiary alicyclic amines) is 1. The number of nitrogens with zero attached hydrogens (tertiary/aromatic N) is 3. The van der Waals surface area contributed by atoms with Crippen LogP contribution in [0.1, 0.15) is 47.0 Å². The molecule has 1 saturated heterocycles. The van der Waals surface area contributed by atoms with Gasteiger partial charge < -0.3 is 15.4 Å². The Morgan fingerprint density at radius 1 is 0.977 bits per heavy atom. The summed E-state index contributed by atoms with van der Waals surface area (Å²) in [5.41, 5.74) is 4.75. The minimum atomic E-state index is -0.342. The van der Waals surface area contributed by atoms with E-state index in [2.05, 4.69) is 27.7 Å². The molecule has 5 aromatic rings. The predicted octanol–water partition coefficient (Wildman–Crippen LogP) is 8.57. The Balaban J connectivity index is 1.18. The topological polar surface area (TPSA) is 86.8 Å². The number of thiophene rings is 1. The second-order valence-corrected chi connectivity index (χ2v) is 12.1. The molecule has 3 aromatic carbocycles. The molecule has 8 nitrogen and oxygen atoms in total. The highest BCUT2D eigenvalue weighted by molar-refractivity contribution is 7.21. The van der Waals surface area contributed by atoms with Crippen LogP contribution in [0.5, 0.6) is 11.5 Å². The largest absolute Gasteiger partial charge is 0.457 e. The third kappa shape index (κ3) is 5.52. The molecule has 7 rings (SSSR count). The number of aryl methyl sites for hydroxylation is 1. The maximum absolute atomic E-state index is 13.8. The highest BCUT2D eigenvalue weighted by Crippen LogP contribution is 2.48. The smallest absolute Gasteiger partial charge is 0.331 e. The van der Waals surface area contributed by atoms with Crippen molar-refractivity contribution in [1.29, 1.82) is 0 Å². The molecule has 0 bridgehead atoms. The van der Waals surface area contributed by atoms with E-state index in [0.717, 1.165) is 36.3 Å². The molecule has 3 amide bonds. The van der Waals surface area contributed by atoms with Crippen LogP contribution in [0.3, 0.4) is 0 Å². The predicted molar refractivity (Wildman–Crippen MR) is 177 cm³/mol. The van der Waals surface area contributed by atoms with Gasteiger partial charge in [0.05, 0.1) is 22.4 Å². The maximum atomic E-state index is 13.8. The lowest BCUT2D eigenvalue weighted by atomic mass is 10.0. The maximum Gasteiger partial charge on any atom is 0.331 e. The number of piperidine rings is 1. The van der Waals surface area contributed by atoms with E-state index in [1.165, 1.54) is 36.2 Å². The van der Waals surface area contributed by atoms with Crippen LogP contribution in [0, 0.1) is 0 Å². The van der Waals surface area contributed by atoms with Gasteiger partial charge >= 0.3 is 6.03 Å². The van der Waals surface area contributed by atoms with Crippen LogP contribution in [-0.2, 0) is 13.0 Å². The van der Waals surface area contributed by atoms with Crippen LogP contribution in [0.4, 0.5) is 27.5 Å². The lowest BCUT2D eigenvalue weighted by Crippen LogP contribution is -2.35. The number of urea groups is 1. The number of benzene rings is 3. The first-order valence-electron chi connectivity index (χ1n) is 15.1. The molecule has 2 aliphatic heterocycles. The minimum absolute atomic E-state index is 0.275. The zero-order valence-corrected chi connectivity index (χ0v) is 25.3. The standard InChI is InChI=1S/C35H33N5O3S/c1-2-24-21-36-34-29-30(32(44-34)33(41)37-25-16-14-23(15-17-25)22-39-18-7-4-8-19-39)38-35(42)40(31(24)29)26-10-9-13-28(20-26)43-27-11-5-3-6-12-27/h3,5-6,9-17,20-21H,2,4,7-8,18-19,22H2,1H3,(H,37,41)(H,38,42). The fourth-order valence-corrected chi connectivity index (χ4v) is 6.96. The summed E-state index contributed by atoms with van der Waals surface area (Å²) < 4.78 is 6.06. The minimum Gasteiger partial charge on any atom is -0.457 e. The molecule has 4 heterocycles. The second-order valence-electron chi connectivity index (χ2n) is 11.1. The summed E-state index contributed by atoms with van der Waals surface area (Å²) in [4.78, 5) is 37.3. The number of carbonyl (C=O) groups excluding carboxylic acids is 2. The number of hydrogen-bond acceptors (Lipinski definition) is 6. The first kappa shape index (κ1) is 28.1. The van der Waals surface area contributed by atoms with Gasteiger partial charge in [-0.2, -0.15) is 0 Å². The van der Waals surface area contributed by atoms with Gasteiger partial charge in [0.2, 0.25) is 0 Å². The van der Waals surface area contributed by atoms with E-state index in [1.807, 2.05) is 73.7 Å². The molecule has 44 heavy (non-hydrogen) atoms. The lowest BCUT2D eigenvalue weighted by Gasteiger charge is -2.30. The molecule has 2 N–H and O–H groups in total. The van der Waals surface area contributed by atoms with Gasteiger partial charge in [-0.15, -0.1) is 11.3 Å². The van der Waals surface area contributed by atoms with E-state index >= 15 is 0 Å². The van der Waals surface area contributed by atoms with Crippen molar-refractivity contribution in [3.8, 4) is 11.5 Å². The molecule has 1 fully saturated rings. The first-order chi connectivity index (χ1) is 21.6. The van der Waals surface area contributed by atoms with Crippen LogP contribution in [0.25, 0.3) is 10.2 Å². The third-order valence-corrected chi connectivity index (χ3v) is 9.23. The van der Waals surface area contributed by atoms with Crippen molar-refractivity contribution in [1.82, 2.24) is 9.88 Å². The molecule has 0 atom stereocenters. The summed E-state index contributed by atoms with van der Waals surface area (Å²) in [6, 6.07) is 24.7. The Morgan fingerprint density at radius 2 is 1.75 bits per heavy atom. The van der Waals surface area contributed by atoms with E-state index < -0.39 is 0 Å². The Kier molecular flexibility index (Phi) is 7.72. The monoisotopic (exact) mass is 603 g/mol. The zero-order chi connectivity index (χ0) is 30.0. The van der Waals surface area contributed by atoms with Gasteiger partial charge in [0, 0.05) is 24.5 Å². The Hall–Kier alpha value is -4.73. The van der Waals surface area contributed by atoms with Gasteiger partial charge in [-0.05, 0) is 79.9 Å². The van der Waals surface area contributed by atoms with Crippen molar-refractivity contribution in [3.05, 3.63) is 101 Å². The molecule has 2 aromatic heterocycles. The van der Waals surface area contributed by atoms with E-state index in [4.69, 9.17) is 9.72 Å². The van der Waals surface area contributed by atoms with Crippen molar-refractivity contribution in [3.63, 3.8) is 0 Å². The van der Waals surface area contributed by atoms with Gasteiger partial charge in [-0.1, -0.05) is 49.7 Å². The van der Waals surface area contributed by atoms with Crippen LogP contribution in [0.15, 0.2) is 85.1 Å². The van der Waals surface area contributed by atoms with Crippen LogP contribution < -0.4 is 20.3 Å². The SMILES string of the molecule is CCc1cnc2sc(C(=O)Nc3ccc(CN4CCCCC4)cc3)c3c2c1N(c1cccc(Oc2ccccc2)c1)C(=O)N3. The van der Waals surface area contributed by atoms with Crippen molar-refractivity contribution in [2.75, 3.05) is 28.6 Å². The molecular weight excluding hydrogens is 570 g/mol. The number of pyridine rings is 1. The molecule has 2 aliphatic rings. The second kappa shape index (κ2) is 12.1. The summed E-state index contributed by atoms with van der Waals surface area (Å²) in [6.07, 6.45) is 6.30. The van der Waals surface area contributed by atoms with E-state index in [9.17, 15) is 9.59 Å². The third-order valence-electron chi connectivity index (χ3n) is 8.14. The van der Waals surface area contributed by atoms with Crippen molar-refractivity contribution in [2.24, 2.45) is 0 Å². The summed E-state index contributed by atoms with van der Waals surface area (Å²) in [7, 11) is 0. The number of aromatic nitrogens is 1. The Bertz CT molecular complexity index is 1830. The number of amides is 3. The summed E-state index contributed by atoms with van der Waals surface area (Å²) >= 11 is 1.28. The normalized spacial score (nSPS) is 14.8. The van der Waals surface area contributed by atoms with E-state index in [-0.39, 0.29) is 11.9 Å². The number of para-hydroxylation sites is 1. The highest BCUT2D eigenvalue weighted by atomic mass is 32.1. The Labute approximate surface area is 260 Å². The molecule has 0 unspecified atom stereocenters.